The van der Waals surface area contributed by atoms with Crippen LogP contribution in [0.5, 0.6) is 5.75 Å². The second-order valence-electron chi connectivity index (χ2n) is 5.67. The number of likely N-dealkylation sites (N-methyl/N-ethyl adjacent to an activating group) is 1. The summed E-state index contributed by atoms with van der Waals surface area (Å²) in [4.78, 5) is 26.3. The molecule has 0 saturated heterocycles. The second kappa shape index (κ2) is 8.07. The topological polar surface area (TPSA) is 58.6 Å². The number of para-hydroxylation sites is 2. The van der Waals surface area contributed by atoms with Crippen LogP contribution in [0.1, 0.15) is 5.56 Å². The van der Waals surface area contributed by atoms with Gasteiger partial charge in [0.25, 0.3) is 5.91 Å². The number of nitrogens with zero attached hydrogens (tertiary/aromatic N) is 1. The number of thioether (sulfide) groups is 1. The maximum absolute atomic E-state index is 12.7. The molecule has 1 atom stereocenters. The zero-order valence-corrected chi connectivity index (χ0v) is 14.8. The monoisotopic (exact) mass is 356 g/mol. The Kier molecular flexibility index (Phi) is 5.60. The van der Waals surface area contributed by atoms with Crippen LogP contribution in [0.4, 0.5) is 5.69 Å². The molecule has 25 heavy (non-hydrogen) atoms. The minimum absolute atomic E-state index is 0.0226. The molecule has 0 bridgehead atoms. The largest absolute Gasteiger partial charge is 0.477 e. The van der Waals surface area contributed by atoms with Crippen LogP contribution in [0, 0.1) is 0 Å². The number of carbonyl (C=O) groups is 2. The van der Waals surface area contributed by atoms with Gasteiger partial charge in [-0.05, 0) is 17.7 Å². The Morgan fingerprint density at radius 1 is 1.16 bits per heavy atom. The molecule has 1 aliphatic heterocycles. The van der Waals surface area contributed by atoms with Gasteiger partial charge in [0.15, 0.2) is 6.10 Å². The lowest BCUT2D eigenvalue weighted by Gasteiger charge is -2.34. The predicted octanol–water partition coefficient (Wildman–Crippen LogP) is 2.46. The van der Waals surface area contributed by atoms with Crippen molar-refractivity contribution in [2.75, 3.05) is 24.2 Å². The molecule has 2 amide bonds. The van der Waals surface area contributed by atoms with Gasteiger partial charge >= 0.3 is 0 Å². The van der Waals surface area contributed by atoms with Crippen LogP contribution in [-0.4, -0.2) is 37.3 Å². The number of carbonyl (C=O) groups excluding carboxylic acids is 2. The van der Waals surface area contributed by atoms with Crippen molar-refractivity contribution in [2.45, 2.75) is 11.9 Å². The highest BCUT2D eigenvalue weighted by Crippen LogP contribution is 2.33. The van der Waals surface area contributed by atoms with E-state index in [1.54, 1.807) is 29.8 Å². The van der Waals surface area contributed by atoms with E-state index in [2.05, 4.69) is 5.32 Å². The van der Waals surface area contributed by atoms with Gasteiger partial charge in [-0.3, -0.25) is 9.59 Å². The summed E-state index contributed by atoms with van der Waals surface area (Å²) < 4.78 is 5.73. The summed E-state index contributed by atoms with van der Waals surface area (Å²) in [7, 11) is 1.56. The number of hydrogen-bond donors (Lipinski definition) is 1. The third-order valence-corrected chi connectivity index (χ3v) is 4.94. The molecular weight excluding hydrogens is 336 g/mol. The van der Waals surface area contributed by atoms with Crippen LogP contribution < -0.4 is 15.0 Å². The Bertz CT molecular complexity index is 751. The van der Waals surface area contributed by atoms with Gasteiger partial charge in [-0.2, -0.15) is 0 Å². The molecule has 0 radical (unpaired) electrons. The summed E-state index contributed by atoms with van der Waals surface area (Å²) in [5, 5.41) is 2.58. The van der Waals surface area contributed by atoms with E-state index < -0.39 is 6.10 Å². The quantitative estimate of drug-likeness (QED) is 0.894. The maximum Gasteiger partial charge on any atom is 0.262 e. The third kappa shape index (κ3) is 4.14. The van der Waals surface area contributed by atoms with Crippen LogP contribution >= 0.6 is 11.8 Å². The van der Waals surface area contributed by atoms with E-state index in [-0.39, 0.29) is 18.4 Å². The van der Waals surface area contributed by atoms with Crippen LogP contribution in [0.3, 0.4) is 0 Å². The highest BCUT2D eigenvalue weighted by Gasteiger charge is 2.33. The van der Waals surface area contributed by atoms with Gasteiger partial charge in [-0.25, -0.2) is 0 Å². The first-order valence-corrected chi connectivity index (χ1v) is 9.24. The van der Waals surface area contributed by atoms with Crippen molar-refractivity contribution >= 4 is 29.3 Å². The Hall–Kier alpha value is -2.47. The van der Waals surface area contributed by atoms with E-state index in [0.717, 1.165) is 5.75 Å². The van der Waals surface area contributed by atoms with Gasteiger partial charge in [-0.1, -0.05) is 42.5 Å². The number of amides is 2. The molecule has 0 aliphatic carbocycles. The standard InChI is InChI=1S/C19H20N2O3S/c1-20-19(23)17-11-21(15-9-5-6-10-16(15)24-17)18(22)13-25-12-14-7-3-2-4-8-14/h2-10,17H,11-13H2,1H3,(H,20,23)/t17-/m0/s1. The van der Waals surface area contributed by atoms with E-state index in [0.29, 0.717) is 17.2 Å². The molecule has 0 saturated carbocycles. The molecule has 3 rings (SSSR count). The first-order valence-electron chi connectivity index (χ1n) is 8.08. The summed E-state index contributed by atoms with van der Waals surface area (Å²) >= 11 is 1.57. The molecule has 0 unspecified atom stereocenters. The molecule has 6 heteroatoms. The molecule has 0 fully saturated rings. The highest BCUT2D eigenvalue weighted by molar-refractivity contribution is 7.99. The molecule has 0 spiro atoms. The van der Waals surface area contributed by atoms with Crippen molar-refractivity contribution in [3.8, 4) is 5.75 Å². The minimum atomic E-state index is -0.692. The van der Waals surface area contributed by atoms with Crippen LogP contribution in [0.2, 0.25) is 0 Å². The average molecular weight is 356 g/mol. The van der Waals surface area contributed by atoms with Crippen LogP contribution in [0.15, 0.2) is 54.6 Å². The number of benzene rings is 2. The molecule has 2 aromatic carbocycles. The van der Waals surface area contributed by atoms with Crippen LogP contribution in [0.25, 0.3) is 0 Å². The van der Waals surface area contributed by atoms with Gasteiger partial charge < -0.3 is 15.0 Å². The maximum atomic E-state index is 12.7. The lowest BCUT2D eigenvalue weighted by Crippen LogP contribution is -2.50. The summed E-state index contributed by atoms with van der Waals surface area (Å²) in [6, 6.07) is 17.4. The zero-order chi connectivity index (χ0) is 17.6. The fourth-order valence-corrected chi connectivity index (χ4v) is 3.54. The second-order valence-corrected chi connectivity index (χ2v) is 6.66. The van der Waals surface area contributed by atoms with Gasteiger partial charge in [-0.15, -0.1) is 11.8 Å². The van der Waals surface area contributed by atoms with Crippen molar-refractivity contribution in [1.29, 1.82) is 0 Å². The molecule has 130 valence electrons. The molecule has 1 aliphatic rings. The number of hydrogen-bond acceptors (Lipinski definition) is 4. The highest BCUT2D eigenvalue weighted by atomic mass is 32.2. The van der Waals surface area contributed by atoms with E-state index in [9.17, 15) is 9.59 Å². The summed E-state index contributed by atoms with van der Waals surface area (Å²) in [5.41, 5.74) is 1.90. The third-order valence-electron chi connectivity index (χ3n) is 3.95. The van der Waals surface area contributed by atoms with Crippen molar-refractivity contribution in [1.82, 2.24) is 5.32 Å². The van der Waals surface area contributed by atoms with Gasteiger partial charge in [0, 0.05) is 12.8 Å². The summed E-state index contributed by atoms with van der Waals surface area (Å²) in [6.45, 7) is 0.224. The molecular formula is C19H20N2O3S. The first-order chi connectivity index (χ1) is 12.2. The molecule has 1 heterocycles. The molecule has 5 nitrogen and oxygen atoms in total. The fraction of sp³-hybridized carbons (Fsp3) is 0.263. The number of nitrogens with one attached hydrogen (secondary N) is 1. The zero-order valence-electron chi connectivity index (χ0n) is 14.0. The number of fused-ring (bicyclic) bond motifs is 1. The molecule has 2 aromatic rings. The van der Waals surface area contributed by atoms with Crippen molar-refractivity contribution in [3.63, 3.8) is 0 Å². The van der Waals surface area contributed by atoms with E-state index in [1.807, 2.05) is 48.5 Å². The Balaban J connectivity index is 1.68. The number of rotatable bonds is 5. The van der Waals surface area contributed by atoms with E-state index >= 15 is 0 Å². The number of anilines is 1. The normalized spacial score (nSPS) is 15.9. The Labute approximate surface area is 151 Å². The van der Waals surface area contributed by atoms with E-state index in [1.165, 1.54) is 5.56 Å². The van der Waals surface area contributed by atoms with Gasteiger partial charge in [0.1, 0.15) is 5.75 Å². The summed E-state index contributed by atoms with van der Waals surface area (Å²) in [6.07, 6.45) is -0.692. The lowest BCUT2D eigenvalue weighted by molar-refractivity contribution is -0.127. The van der Waals surface area contributed by atoms with E-state index in [4.69, 9.17) is 4.74 Å². The summed E-state index contributed by atoms with van der Waals surface area (Å²) in [5.74, 6) is 1.43. The van der Waals surface area contributed by atoms with Crippen molar-refractivity contribution in [2.24, 2.45) is 0 Å². The number of ether oxygens (including phenoxy) is 1. The predicted molar refractivity (Wildman–Crippen MR) is 99.9 cm³/mol. The lowest BCUT2D eigenvalue weighted by atomic mass is 10.2. The fourth-order valence-electron chi connectivity index (χ4n) is 2.68. The van der Waals surface area contributed by atoms with Gasteiger partial charge in [0.05, 0.1) is 18.0 Å². The Morgan fingerprint density at radius 2 is 1.88 bits per heavy atom. The SMILES string of the molecule is CNC(=O)[C@@H]1CN(C(=O)CSCc2ccccc2)c2ccccc2O1. The minimum Gasteiger partial charge on any atom is -0.477 e. The average Bonchev–Trinajstić information content (AvgIpc) is 2.67. The van der Waals surface area contributed by atoms with Crippen molar-refractivity contribution < 1.29 is 14.3 Å². The molecule has 0 aromatic heterocycles. The molecule has 1 N–H and O–H groups in total. The van der Waals surface area contributed by atoms with Crippen molar-refractivity contribution in [3.05, 3.63) is 60.2 Å². The smallest absolute Gasteiger partial charge is 0.262 e. The first kappa shape index (κ1) is 17.4. The van der Waals surface area contributed by atoms with Gasteiger partial charge in [0.2, 0.25) is 5.91 Å². The van der Waals surface area contributed by atoms with Crippen LogP contribution in [-0.2, 0) is 15.3 Å². The Morgan fingerprint density at radius 3 is 2.64 bits per heavy atom.